The summed E-state index contributed by atoms with van der Waals surface area (Å²) in [6, 6.07) is 12.0. The molecule has 1 saturated carbocycles. The van der Waals surface area contributed by atoms with Crippen LogP contribution in [-0.4, -0.2) is 29.8 Å². The molecule has 1 unspecified atom stereocenters. The van der Waals surface area contributed by atoms with E-state index >= 15 is 0 Å². The van der Waals surface area contributed by atoms with Crippen molar-refractivity contribution in [3.8, 4) is 5.75 Å². The number of carbonyl (C=O) groups excluding carboxylic acids is 1. The average molecular weight is 462 g/mol. The summed E-state index contributed by atoms with van der Waals surface area (Å²) in [4.78, 5) is 12.4. The molecule has 0 bridgehead atoms. The van der Waals surface area contributed by atoms with E-state index in [1.54, 1.807) is 18.3 Å². The van der Waals surface area contributed by atoms with E-state index < -0.39 is 29.3 Å². The lowest BCUT2D eigenvalue weighted by Crippen LogP contribution is -2.25. The number of anilines is 1. The highest BCUT2D eigenvalue weighted by Crippen LogP contribution is 2.32. The van der Waals surface area contributed by atoms with E-state index in [1.807, 2.05) is 24.3 Å². The van der Waals surface area contributed by atoms with Gasteiger partial charge >= 0.3 is 6.18 Å². The Bertz CT molecular complexity index is 1120. The van der Waals surface area contributed by atoms with Crippen LogP contribution in [0.3, 0.4) is 0 Å². The van der Waals surface area contributed by atoms with Crippen molar-refractivity contribution in [1.82, 2.24) is 15.5 Å². The normalized spacial score (nSPS) is 14.7. The molecule has 0 spiro atoms. The number of methoxy groups -OCH3 is 1. The molecule has 10 heteroatoms. The maximum Gasteiger partial charge on any atom is 0.432 e. The van der Waals surface area contributed by atoms with Gasteiger partial charge in [0.05, 0.1) is 18.8 Å². The first-order valence-electron chi connectivity index (χ1n) is 10.4. The van der Waals surface area contributed by atoms with Gasteiger partial charge in [0.25, 0.3) is 5.91 Å². The fraction of sp³-hybridized carbons (Fsp3) is 0.304. The van der Waals surface area contributed by atoms with Gasteiger partial charge in [0.1, 0.15) is 17.3 Å². The predicted octanol–water partition coefficient (Wildman–Crippen LogP) is 4.92. The van der Waals surface area contributed by atoms with Gasteiger partial charge in [-0.3, -0.25) is 9.89 Å². The van der Waals surface area contributed by atoms with Gasteiger partial charge in [-0.25, -0.2) is 4.39 Å². The van der Waals surface area contributed by atoms with E-state index in [0.717, 1.165) is 24.9 Å². The minimum absolute atomic E-state index is 0.152. The monoisotopic (exact) mass is 462 g/mol. The Kier molecular flexibility index (Phi) is 6.37. The molecule has 3 N–H and O–H groups in total. The summed E-state index contributed by atoms with van der Waals surface area (Å²) < 4.78 is 58.0. The number of hydrogen-bond donors (Lipinski definition) is 3. The van der Waals surface area contributed by atoms with Crippen LogP contribution in [0.25, 0.3) is 0 Å². The molecule has 1 aliphatic rings. The molecule has 1 heterocycles. The van der Waals surface area contributed by atoms with Crippen LogP contribution in [0.4, 0.5) is 23.2 Å². The largest absolute Gasteiger partial charge is 0.497 e. The molecule has 0 aliphatic heterocycles. The summed E-state index contributed by atoms with van der Waals surface area (Å²) in [5, 5.41) is 11.0. The van der Waals surface area contributed by atoms with Crippen LogP contribution in [0.15, 0.2) is 48.5 Å². The van der Waals surface area contributed by atoms with Gasteiger partial charge < -0.3 is 15.4 Å². The van der Waals surface area contributed by atoms with Crippen LogP contribution < -0.4 is 15.4 Å². The summed E-state index contributed by atoms with van der Waals surface area (Å²) in [6.07, 6.45) is -2.37. The smallest absolute Gasteiger partial charge is 0.432 e. The number of aromatic amines is 1. The number of ether oxygens (including phenoxy) is 1. The summed E-state index contributed by atoms with van der Waals surface area (Å²) in [7, 11) is 1.57. The molecule has 3 aromatic rings. The van der Waals surface area contributed by atoms with Crippen molar-refractivity contribution in [3.05, 3.63) is 76.9 Å². The fourth-order valence-corrected chi connectivity index (χ4v) is 3.42. The highest BCUT2D eigenvalue weighted by Gasteiger charge is 2.34. The van der Waals surface area contributed by atoms with Crippen molar-refractivity contribution in [2.75, 3.05) is 19.0 Å². The zero-order valence-electron chi connectivity index (χ0n) is 17.7. The van der Waals surface area contributed by atoms with Gasteiger partial charge in [-0.05, 0) is 60.7 Å². The van der Waals surface area contributed by atoms with Crippen LogP contribution in [0.5, 0.6) is 5.75 Å². The van der Waals surface area contributed by atoms with E-state index in [1.165, 1.54) is 12.1 Å². The second-order valence-electron chi connectivity index (χ2n) is 7.92. The topological polar surface area (TPSA) is 79.0 Å². The second-order valence-corrected chi connectivity index (χ2v) is 7.92. The molecule has 33 heavy (non-hydrogen) atoms. The summed E-state index contributed by atoms with van der Waals surface area (Å²) >= 11 is 0. The standard InChI is InChI=1S/C23H22F4N4O2/c1-33-16-7-4-14(5-8-16)21(28-12-13-2-3-13)15-6-9-17(24)18(10-15)29-22(32)19-11-20(31-30-19)23(25,26)27/h4-11,13,21,28H,2-3,12H2,1H3,(H,29,32)(H,30,31). The SMILES string of the molecule is COc1ccc(C(NCC2CC2)c2ccc(F)c(NC(=O)c3cc(C(F)(F)F)[nH]n3)c2)cc1. The fourth-order valence-electron chi connectivity index (χ4n) is 3.42. The molecule has 174 valence electrons. The summed E-state index contributed by atoms with van der Waals surface area (Å²) in [6.45, 7) is 0.781. The first kappa shape index (κ1) is 22.8. The van der Waals surface area contributed by atoms with Crippen LogP contribution >= 0.6 is 0 Å². The maximum absolute atomic E-state index is 14.5. The molecule has 1 fully saturated rings. The first-order chi connectivity index (χ1) is 15.7. The van der Waals surface area contributed by atoms with Crippen molar-refractivity contribution in [2.24, 2.45) is 5.92 Å². The zero-order valence-corrected chi connectivity index (χ0v) is 17.7. The lowest BCUT2D eigenvalue weighted by Gasteiger charge is -2.21. The Labute approximate surface area is 187 Å². The number of alkyl halides is 3. The third-order valence-electron chi connectivity index (χ3n) is 5.44. The minimum atomic E-state index is -4.67. The number of benzene rings is 2. The highest BCUT2D eigenvalue weighted by molar-refractivity contribution is 6.03. The van der Waals surface area contributed by atoms with Gasteiger partial charge in [-0.1, -0.05) is 18.2 Å². The van der Waals surface area contributed by atoms with E-state index in [-0.39, 0.29) is 11.7 Å². The Morgan fingerprint density at radius 2 is 1.85 bits per heavy atom. The third kappa shape index (κ3) is 5.51. The molecule has 0 saturated heterocycles. The number of hydrogen-bond acceptors (Lipinski definition) is 4. The van der Waals surface area contributed by atoms with Gasteiger partial charge in [0.2, 0.25) is 0 Å². The molecule has 1 aliphatic carbocycles. The Hall–Kier alpha value is -3.40. The molecule has 1 atom stereocenters. The first-order valence-corrected chi connectivity index (χ1v) is 10.4. The van der Waals surface area contributed by atoms with Crippen LogP contribution in [0.1, 0.15) is 46.2 Å². The number of nitrogens with one attached hydrogen (secondary N) is 3. The van der Waals surface area contributed by atoms with Crippen LogP contribution in [-0.2, 0) is 6.18 Å². The second kappa shape index (κ2) is 9.22. The quantitative estimate of drug-likeness (QED) is 0.416. The molecular weight excluding hydrogens is 440 g/mol. The number of rotatable bonds is 8. The molecule has 1 aromatic heterocycles. The predicted molar refractivity (Wildman–Crippen MR) is 114 cm³/mol. The molecule has 1 amide bonds. The zero-order chi connectivity index (χ0) is 23.6. The van der Waals surface area contributed by atoms with Crippen LogP contribution in [0.2, 0.25) is 0 Å². The van der Waals surface area contributed by atoms with Gasteiger partial charge in [0, 0.05) is 6.07 Å². The summed E-state index contributed by atoms with van der Waals surface area (Å²) in [5.74, 6) is -0.379. The Balaban J connectivity index is 1.58. The molecular formula is C23H22F4N4O2. The maximum atomic E-state index is 14.5. The van der Waals surface area contributed by atoms with Crippen molar-refractivity contribution >= 4 is 11.6 Å². The lowest BCUT2D eigenvalue weighted by molar-refractivity contribution is -0.141. The number of halogens is 4. The number of aromatic nitrogens is 2. The molecule has 0 radical (unpaired) electrons. The lowest BCUT2D eigenvalue weighted by atomic mass is 9.97. The highest BCUT2D eigenvalue weighted by atomic mass is 19.4. The molecule has 2 aromatic carbocycles. The number of nitrogens with zero attached hydrogens (tertiary/aromatic N) is 1. The van der Waals surface area contributed by atoms with Gasteiger partial charge in [-0.15, -0.1) is 0 Å². The Morgan fingerprint density at radius 1 is 1.15 bits per heavy atom. The van der Waals surface area contributed by atoms with E-state index in [2.05, 4.69) is 15.7 Å². The number of H-pyrrole nitrogens is 1. The molecule has 6 nitrogen and oxygen atoms in total. The third-order valence-corrected chi connectivity index (χ3v) is 5.44. The average Bonchev–Trinajstić information content (AvgIpc) is 3.47. The Morgan fingerprint density at radius 3 is 2.45 bits per heavy atom. The number of carbonyl (C=O) groups is 1. The van der Waals surface area contributed by atoms with E-state index in [9.17, 15) is 22.4 Å². The van der Waals surface area contributed by atoms with Crippen molar-refractivity contribution in [3.63, 3.8) is 0 Å². The number of amides is 1. The molecule has 4 rings (SSSR count). The van der Waals surface area contributed by atoms with Crippen LogP contribution in [0, 0.1) is 11.7 Å². The summed E-state index contributed by atoms with van der Waals surface area (Å²) in [5.41, 5.74) is -0.199. The van der Waals surface area contributed by atoms with E-state index in [0.29, 0.717) is 23.3 Å². The van der Waals surface area contributed by atoms with Gasteiger partial charge in [0.15, 0.2) is 5.69 Å². The van der Waals surface area contributed by atoms with Crippen molar-refractivity contribution in [2.45, 2.75) is 25.1 Å². The van der Waals surface area contributed by atoms with Gasteiger partial charge in [-0.2, -0.15) is 18.3 Å². The van der Waals surface area contributed by atoms with Crippen molar-refractivity contribution < 1.29 is 27.1 Å². The van der Waals surface area contributed by atoms with E-state index in [4.69, 9.17) is 4.74 Å². The minimum Gasteiger partial charge on any atom is -0.497 e. The van der Waals surface area contributed by atoms with Crippen molar-refractivity contribution in [1.29, 1.82) is 0 Å².